The maximum atomic E-state index is 2.49. The van der Waals surface area contributed by atoms with Gasteiger partial charge in [-0.05, 0) is 130 Å². The summed E-state index contributed by atoms with van der Waals surface area (Å²) in [6, 6.07) is 74.3. The highest BCUT2D eigenvalue weighted by Crippen LogP contribution is 2.53. The van der Waals surface area contributed by atoms with Crippen LogP contribution in [0, 0.1) is 0 Å². The van der Waals surface area contributed by atoms with E-state index >= 15 is 0 Å². The molecule has 1 aliphatic carbocycles. The number of para-hydroxylation sites is 2. The van der Waals surface area contributed by atoms with Gasteiger partial charge in [0.05, 0.1) is 5.69 Å². The molecule has 1 aliphatic rings. The molecule has 1 heteroatoms. The van der Waals surface area contributed by atoms with Crippen molar-refractivity contribution >= 4 is 70.9 Å². The number of hydrogen-bond acceptors (Lipinski definition) is 1. The molecule has 0 aliphatic heterocycles. The highest BCUT2D eigenvalue weighted by atomic mass is 15.1. The van der Waals surface area contributed by atoms with E-state index in [-0.39, 0.29) is 5.41 Å². The molecule has 0 fully saturated rings. The quantitative estimate of drug-likeness (QED) is 0.126. The molecular weight excluding hydrogens is 699 g/mol. The third kappa shape index (κ3) is 4.71. The van der Waals surface area contributed by atoms with Gasteiger partial charge in [0.1, 0.15) is 0 Å². The van der Waals surface area contributed by atoms with E-state index < -0.39 is 0 Å². The van der Waals surface area contributed by atoms with E-state index in [0.29, 0.717) is 0 Å². The van der Waals surface area contributed by atoms with Crippen LogP contribution >= 0.6 is 0 Å². The number of anilines is 3. The van der Waals surface area contributed by atoms with Gasteiger partial charge in [0.25, 0.3) is 0 Å². The standard InChI is InChI=1S/C57H39N/c1-57(2)51-34-38(50-33-39-17-13-15-36-27-28-37-16-14-26-47(50)55(37)53(36)39)29-31-43(51)44-32-30-40(35-52(44)57)54-45-22-9-11-24-48(45)56(49-25-12-10-23-46(49)54)58(41-18-5-3-6-19-41)42-20-7-4-8-21-42/h3-35H,1-2H3. The van der Waals surface area contributed by atoms with Crippen molar-refractivity contribution in [1.29, 1.82) is 0 Å². The van der Waals surface area contributed by atoms with E-state index in [1.54, 1.807) is 0 Å². The van der Waals surface area contributed by atoms with Gasteiger partial charge in [-0.25, -0.2) is 0 Å². The Balaban J connectivity index is 1.04. The average Bonchev–Trinajstić information content (AvgIpc) is 3.50. The van der Waals surface area contributed by atoms with Crippen molar-refractivity contribution in [3.63, 3.8) is 0 Å². The third-order valence-electron chi connectivity index (χ3n) is 12.9. The molecule has 0 aromatic heterocycles. The minimum Gasteiger partial charge on any atom is -0.309 e. The second-order valence-corrected chi connectivity index (χ2v) is 16.4. The first-order chi connectivity index (χ1) is 28.5. The average molecular weight is 738 g/mol. The summed E-state index contributed by atoms with van der Waals surface area (Å²) < 4.78 is 0. The normalized spacial score (nSPS) is 13.1. The van der Waals surface area contributed by atoms with E-state index in [9.17, 15) is 0 Å². The zero-order chi connectivity index (χ0) is 38.5. The molecule has 58 heavy (non-hydrogen) atoms. The fraction of sp³-hybridized carbons (Fsp3) is 0.0526. The summed E-state index contributed by atoms with van der Waals surface area (Å²) in [5.74, 6) is 0. The topological polar surface area (TPSA) is 3.24 Å². The summed E-state index contributed by atoms with van der Waals surface area (Å²) in [5.41, 5.74) is 13.8. The van der Waals surface area contributed by atoms with Gasteiger partial charge in [0, 0.05) is 27.6 Å². The molecule has 0 saturated heterocycles. The number of nitrogens with zero attached hydrogens (tertiary/aromatic N) is 1. The first-order valence-electron chi connectivity index (χ1n) is 20.3. The lowest BCUT2D eigenvalue weighted by atomic mass is 9.80. The summed E-state index contributed by atoms with van der Waals surface area (Å²) in [6.07, 6.45) is 0. The molecule has 11 aromatic rings. The van der Waals surface area contributed by atoms with Crippen molar-refractivity contribution in [2.75, 3.05) is 4.90 Å². The molecule has 11 aromatic carbocycles. The maximum Gasteiger partial charge on any atom is 0.0618 e. The van der Waals surface area contributed by atoms with Gasteiger partial charge < -0.3 is 4.90 Å². The second-order valence-electron chi connectivity index (χ2n) is 16.4. The Hall–Kier alpha value is -7.22. The molecule has 0 atom stereocenters. The predicted molar refractivity (Wildman–Crippen MR) is 248 cm³/mol. The number of rotatable bonds is 5. The van der Waals surface area contributed by atoms with Crippen LogP contribution in [0.5, 0.6) is 0 Å². The van der Waals surface area contributed by atoms with Crippen LogP contribution in [0.25, 0.3) is 87.2 Å². The zero-order valence-corrected chi connectivity index (χ0v) is 32.5. The van der Waals surface area contributed by atoms with E-state index in [2.05, 4.69) is 219 Å². The van der Waals surface area contributed by atoms with Crippen molar-refractivity contribution in [2.24, 2.45) is 0 Å². The molecule has 0 N–H and O–H groups in total. The van der Waals surface area contributed by atoms with Crippen LogP contribution in [0.3, 0.4) is 0 Å². The summed E-state index contributed by atoms with van der Waals surface area (Å²) in [7, 11) is 0. The maximum absolute atomic E-state index is 2.49. The molecule has 0 bridgehead atoms. The van der Waals surface area contributed by atoms with E-state index in [1.165, 1.54) is 104 Å². The van der Waals surface area contributed by atoms with Gasteiger partial charge in [-0.2, -0.15) is 0 Å². The molecule has 272 valence electrons. The minimum absolute atomic E-state index is 0.196. The van der Waals surface area contributed by atoms with E-state index in [1.807, 2.05) is 0 Å². The highest BCUT2D eigenvalue weighted by Gasteiger charge is 2.36. The fourth-order valence-electron chi connectivity index (χ4n) is 10.3. The van der Waals surface area contributed by atoms with E-state index in [4.69, 9.17) is 0 Å². The van der Waals surface area contributed by atoms with Gasteiger partial charge in [-0.3, -0.25) is 0 Å². The summed E-state index contributed by atoms with van der Waals surface area (Å²) >= 11 is 0. The molecule has 0 radical (unpaired) electrons. The third-order valence-corrected chi connectivity index (χ3v) is 12.9. The SMILES string of the molecule is CC1(C)c2cc(-c3c4ccccc4c(N(c4ccccc4)c4ccccc4)c4ccccc34)ccc2-c2ccc(-c3cc4cccc5ccc6cccc3c6c54)cc21. The Labute approximate surface area is 338 Å². The Morgan fingerprint density at radius 2 is 0.828 bits per heavy atom. The van der Waals surface area contributed by atoms with Crippen molar-refractivity contribution in [1.82, 2.24) is 0 Å². The van der Waals surface area contributed by atoms with Crippen LogP contribution < -0.4 is 4.90 Å². The molecule has 1 nitrogen and oxygen atoms in total. The smallest absolute Gasteiger partial charge is 0.0618 e. The van der Waals surface area contributed by atoms with E-state index in [0.717, 1.165) is 11.4 Å². The van der Waals surface area contributed by atoms with Gasteiger partial charge in [0.2, 0.25) is 0 Å². The molecular formula is C57H39N. The minimum atomic E-state index is -0.196. The van der Waals surface area contributed by atoms with Crippen molar-refractivity contribution in [3.8, 4) is 33.4 Å². The Morgan fingerprint density at radius 1 is 0.345 bits per heavy atom. The number of benzene rings is 11. The van der Waals surface area contributed by atoms with Gasteiger partial charge >= 0.3 is 0 Å². The Morgan fingerprint density at radius 3 is 1.45 bits per heavy atom. The number of fused-ring (bicyclic) bond motifs is 5. The van der Waals surface area contributed by atoms with Crippen LogP contribution in [-0.4, -0.2) is 0 Å². The van der Waals surface area contributed by atoms with Crippen molar-refractivity contribution in [3.05, 3.63) is 211 Å². The van der Waals surface area contributed by atoms with Gasteiger partial charge in [-0.15, -0.1) is 0 Å². The number of hydrogen-bond donors (Lipinski definition) is 0. The molecule has 0 unspecified atom stereocenters. The van der Waals surface area contributed by atoms with Gasteiger partial charge in [0.15, 0.2) is 0 Å². The first kappa shape index (κ1) is 33.0. The lowest BCUT2D eigenvalue weighted by molar-refractivity contribution is 0.661. The first-order valence-corrected chi connectivity index (χ1v) is 20.3. The second kappa shape index (κ2) is 12.4. The Bertz CT molecular complexity index is 3320. The summed E-state index contributed by atoms with van der Waals surface area (Å²) in [5, 5.41) is 12.9. The highest BCUT2D eigenvalue weighted by molar-refractivity contribution is 6.26. The predicted octanol–water partition coefficient (Wildman–Crippen LogP) is 16.0. The molecule has 0 saturated carbocycles. The fourth-order valence-corrected chi connectivity index (χ4v) is 10.3. The van der Waals surface area contributed by atoms with Crippen LogP contribution in [0.2, 0.25) is 0 Å². The summed E-state index contributed by atoms with van der Waals surface area (Å²) in [4.78, 5) is 2.43. The largest absolute Gasteiger partial charge is 0.309 e. The molecule has 0 spiro atoms. The molecule has 0 heterocycles. The Kier molecular flexibility index (Phi) is 7.04. The lowest BCUT2D eigenvalue weighted by Gasteiger charge is -2.29. The van der Waals surface area contributed by atoms with Crippen LogP contribution in [0.4, 0.5) is 17.1 Å². The lowest BCUT2D eigenvalue weighted by Crippen LogP contribution is -2.15. The summed E-state index contributed by atoms with van der Waals surface area (Å²) in [6.45, 7) is 4.82. The molecule has 0 amide bonds. The van der Waals surface area contributed by atoms with Crippen LogP contribution in [-0.2, 0) is 5.41 Å². The van der Waals surface area contributed by atoms with Crippen LogP contribution in [0.15, 0.2) is 200 Å². The van der Waals surface area contributed by atoms with Crippen molar-refractivity contribution < 1.29 is 0 Å². The molecule has 12 rings (SSSR count). The van der Waals surface area contributed by atoms with Crippen molar-refractivity contribution in [2.45, 2.75) is 19.3 Å². The van der Waals surface area contributed by atoms with Gasteiger partial charge in [-0.1, -0.05) is 172 Å². The van der Waals surface area contributed by atoms with Crippen LogP contribution in [0.1, 0.15) is 25.0 Å². The monoisotopic (exact) mass is 737 g/mol. The zero-order valence-electron chi connectivity index (χ0n) is 32.5.